The first-order valence-corrected chi connectivity index (χ1v) is 9.09. The molecule has 0 N–H and O–H groups in total. The van der Waals surface area contributed by atoms with E-state index in [4.69, 9.17) is 0 Å². The second kappa shape index (κ2) is 6.78. The van der Waals surface area contributed by atoms with E-state index in [9.17, 15) is 19.1 Å². The van der Waals surface area contributed by atoms with Gasteiger partial charge in [0.15, 0.2) is 5.78 Å². The van der Waals surface area contributed by atoms with Crippen molar-refractivity contribution in [2.45, 2.75) is 38.4 Å². The Morgan fingerprint density at radius 2 is 2.04 bits per heavy atom. The zero-order chi connectivity index (χ0) is 17.2. The number of nitro groups is 1. The molecule has 7 heteroatoms. The van der Waals surface area contributed by atoms with E-state index in [0.29, 0.717) is 30.1 Å². The van der Waals surface area contributed by atoms with Crippen LogP contribution in [-0.2, 0) is 10.8 Å². The summed E-state index contributed by atoms with van der Waals surface area (Å²) in [5, 5.41) is 11.4. The van der Waals surface area contributed by atoms with Crippen LogP contribution < -0.4 is 4.90 Å². The Balaban J connectivity index is 2.43. The van der Waals surface area contributed by atoms with Crippen molar-refractivity contribution in [1.82, 2.24) is 0 Å². The number of Topliss-reactive ketones (excluding diaryl/α,β-unsaturated/α-hetero) is 1. The highest BCUT2D eigenvalue weighted by Crippen LogP contribution is 2.35. The quantitative estimate of drug-likeness (QED) is 0.468. The molecule has 126 valence electrons. The molecule has 0 aromatic heterocycles. The number of anilines is 1. The van der Waals surface area contributed by atoms with Crippen molar-refractivity contribution in [3.8, 4) is 0 Å². The average Bonchev–Trinajstić information content (AvgIpc) is 2.55. The van der Waals surface area contributed by atoms with Crippen molar-refractivity contribution in [2.75, 3.05) is 23.7 Å². The maximum Gasteiger partial charge on any atom is 0.293 e. The van der Waals surface area contributed by atoms with Crippen molar-refractivity contribution in [2.24, 2.45) is 0 Å². The molecule has 1 heterocycles. The predicted molar refractivity (Wildman–Crippen MR) is 91.6 cm³/mol. The monoisotopic (exact) mass is 338 g/mol. The molecule has 23 heavy (non-hydrogen) atoms. The van der Waals surface area contributed by atoms with Crippen LogP contribution in [0.3, 0.4) is 0 Å². The molecular formula is C16H22N2O4S. The molecule has 0 spiro atoms. The predicted octanol–water partition coefficient (Wildman–Crippen LogP) is 2.92. The van der Waals surface area contributed by atoms with Crippen LogP contribution in [0.5, 0.6) is 0 Å². The standard InChI is InChI=1S/C16H22N2O4S/c1-4-16(5-2)11-17(8-9-23(16)22)14-7-6-13(12(3)19)10-15(14)18(20)21/h6-7,10H,4-5,8-9,11H2,1-3H3. The van der Waals surface area contributed by atoms with Crippen LogP contribution in [0.15, 0.2) is 18.2 Å². The highest BCUT2D eigenvalue weighted by atomic mass is 32.2. The summed E-state index contributed by atoms with van der Waals surface area (Å²) in [5.74, 6) is 0.309. The Kier molecular flexibility index (Phi) is 5.19. The van der Waals surface area contributed by atoms with Crippen LogP contribution in [0.4, 0.5) is 11.4 Å². The minimum absolute atomic E-state index is 0.0634. The largest absolute Gasteiger partial charge is 0.364 e. The molecular weight excluding hydrogens is 316 g/mol. The number of carbonyl (C=O) groups excluding carboxylic acids is 1. The zero-order valence-corrected chi connectivity index (χ0v) is 14.5. The fraction of sp³-hybridized carbons (Fsp3) is 0.562. The van der Waals surface area contributed by atoms with Gasteiger partial charge in [-0.15, -0.1) is 0 Å². The number of hydrogen-bond acceptors (Lipinski definition) is 5. The summed E-state index contributed by atoms with van der Waals surface area (Å²) in [6.45, 7) is 6.47. The van der Waals surface area contributed by atoms with E-state index in [0.717, 1.165) is 12.8 Å². The van der Waals surface area contributed by atoms with Gasteiger partial charge in [0.25, 0.3) is 5.69 Å². The Morgan fingerprint density at radius 1 is 1.39 bits per heavy atom. The summed E-state index contributed by atoms with van der Waals surface area (Å²) in [5.41, 5.74) is 0.771. The lowest BCUT2D eigenvalue weighted by atomic mass is 10.00. The highest BCUT2D eigenvalue weighted by Gasteiger charge is 2.40. The van der Waals surface area contributed by atoms with Crippen molar-refractivity contribution >= 4 is 28.0 Å². The first kappa shape index (κ1) is 17.6. The lowest BCUT2D eigenvalue weighted by Gasteiger charge is -2.42. The van der Waals surface area contributed by atoms with Crippen molar-refractivity contribution in [3.63, 3.8) is 0 Å². The summed E-state index contributed by atoms with van der Waals surface area (Å²) in [4.78, 5) is 24.4. The second-order valence-electron chi connectivity index (χ2n) is 5.88. The number of ketones is 1. The molecule has 0 amide bonds. The molecule has 1 aromatic carbocycles. The molecule has 0 saturated carbocycles. The summed E-state index contributed by atoms with van der Waals surface area (Å²) in [6, 6.07) is 4.60. The van der Waals surface area contributed by atoms with Gasteiger partial charge in [0, 0.05) is 41.3 Å². The molecule has 1 atom stereocenters. The second-order valence-corrected chi connectivity index (χ2v) is 7.84. The number of hydrogen-bond donors (Lipinski definition) is 0. The van der Waals surface area contributed by atoms with Gasteiger partial charge in [-0.3, -0.25) is 19.1 Å². The van der Waals surface area contributed by atoms with Crippen LogP contribution in [0.2, 0.25) is 0 Å². The molecule has 6 nitrogen and oxygen atoms in total. The molecule has 1 fully saturated rings. The van der Waals surface area contributed by atoms with Crippen LogP contribution >= 0.6 is 0 Å². The molecule has 0 aliphatic carbocycles. The van der Waals surface area contributed by atoms with Gasteiger partial charge in [-0.25, -0.2) is 0 Å². The lowest BCUT2D eigenvalue weighted by molar-refractivity contribution is -0.384. The summed E-state index contributed by atoms with van der Waals surface area (Å²) >= 11 is 0. The van der Waals surface area contributed by atoms with Gasteiger partial charge >= 0.3 is 0 Å². The van der Waals surface area contributed by atoms with E-state index in [2.05, 4.69) is 0 Å². The van der Waals surface area contributed by atoms with E-state index in [1.165, 1.54) is 13.0 Å². The average molecular weight is 338 g/mol. The van der Waals surface area contributed by atoms with Gasteiger partial charge < -0.3 is 4.90 Å². The van der Waals surface area contributed by atoms with E-state index < -0.39 is 15.7 Å². The maximum absolute atomic E-state index is 12.4. The molecule has 0 bridgehead atoms. The molecule has 1 aliphatic heterocycles. The van der Waals surface area contributed by atoms with E-state index >= 15 is 0 Å². The number of carbonyl (C=O) groups is 1. The molecule has 2 rings (SSSR count). The number of nitrogens with zero attached hydrogens (tertiary/aromatic N) is 2. The summed E-state index contributed by atoms with van der Waals surface area (Å²) < 4.78 is 12.1. The van der Waals surface area contributed by atoms with Gasteiger partial charge in [-0.1, -0.05) is 13.8 Å². The SMILES string of the molecule is CCC1(CC)CN(c2ccc(C(C)=O)cc2[N+](=O)[O-])CCS1=O. The van der Waals surface area contributed by atoms with Gasteiger partial charge in [0.2, 0.25) is 0 Å². The number of rotatable bonds is 5. The molecule has 1 saturated heterocycles. The molecule has 0 radical (unpaired) electrons. The zero-order valence-electron chi connectivity index (χ0n) is 13.7. The number of nitro benzene ring substituents is 1. The summed E-state index contributed by atoms with van der Waals surface area (Å²) in [7, 11) is -0.926. The van der Waals surface area contributed by atoms with Gasteiger partial charge in [-0.05, 0) is 31.9 Å². The Labute approximate surface area is 138 Å². The minimum atomic E-state index is -0.926. The highest BCUT2D eigenvalue weighted by molar-refractivity contribution is 7.86. The first-order chi connectivity index (χ1) is 10.8. The smallest absolute Gasteiger partial charge is 0.293 e. The van der Waals surface area contributed by atoms with E-state index in [-0.39, 0.29) is 16.2 Å². The fourth-order valence-corrected chi connectivity index (χ4v) is 4.83. The lowest BCUT2D eigenvalue weighted by Crippen LogP contribution is -2.53. The van der Waals surface area contributed by atoms with Crippen LogP contribution in [-0.4, -0.2) is 38.5 Å². The van der Waals surface area contributed by atoms with E-state index in [1.54, 1.807) is 12.1 Å². The fourth-order valence-electron chi connectivity index (χ4n) is 3.07. The first-order valence-electron chi connectivity index (χ1n) is 7.77. The van der Waals surface area contributed by atoms with Gasteiger partial charge in [0.05, 0.1) is 9.67 Å². The third-order valence-corrected chi connectivity index (χ3v) is 6.94. The normalized spacial score (nSPS) is 20.3. The maximum atomic E-state index is 12.4. The molecule has 1 aromatic rings. The minimum Gasteiger partial charge on any atom is -0.364 e. The van der Waals surface area contributed by atoms with E-state index in [1.807, 2.05) is 18.7 Å². The van der Waals surface area contributed by atoms with Crippen LogP contribution in [0.1, 0.15) is 44.0 Å². The van der Waals surface area contributed by atoms with Crippen LogP contribution in [0.25, 0.3) is 0 Å². The van der Waals surface area contributed by atoms with Crippen molar-refractivity contribution in [1.29, 1.82) is 0 Å². The Morgan fingerprint density at radius 3 is 2.57 bits per heavy atom. The topological polar surface area (TPSA) is 80.5 Å². The van der Waals surface area contributed by atoms with Crippen LogP contribution in [0, 0.1) is 10.1 Å². The van der Waals surface area contributed by atoms with Crippen molar-refractivity contribution < 1.29 is 13.9 Å². The number of benzene rings is 1. The third kappa shape index (κ3) is 3.29. The third-order valence-electron chi connectivity index (χ3n) is 4.72. The Bertz CT molecular complexity index is 655. The Hall–Kier alpha value is -1.76. The molecule has 1 aliphatic rings. The van der Waals surface area contributed by atoms with Crippen molar-refractivity contribution in [3.05, 3.63) is 33.9 Å². The molecule has 1 unspecified atom stereocenters. The van der Waals surface area contributed by atoms with Gasteiger partial charge in [0.1, 0.15) is 5.69 Å². The summed E-state index contributed by atoms with van der Waals surface area (Å²) in [6.07, 6.45) is 1.54. The van der Waals surface area contributed by atoms with Gasteiger partial charge in [-0.2, -0.15) is 0 Å².